The fourth-order valence-corrected chi connectivity index (χ4v) is 2.51. The van der Waals surface area contributed by atoms with Crippen LogP contribution in [0.5, 0.6) is 0 Å². The van der Waals surface area contributed by atoms with Gasteiger partial charge in [-0.15, -0.1) is 22.9 Å². The maximum Gasteiger partial charge on any atom is 0.115 e. The Bertz CT molecular complexity index is 560. The average Bonchev–Trinajstić information content (AvgIpc) is 2.72. The lowest BCUT2D eigenvalue weighted by atomic mass is 10.2. The highest BCUT2D eigenvalue weighted by atomic mass is 35.5. The van der Waals surface area contributed by atoms with Gasteiger partial charge in [-0.3, -0.25) is 0 Å². The second kappa shape index (κ2) is 5.02. The number of nitrogens with two attached hydrogens (primary N) is 1. The van der Waals surface area contributed by atoms with E-state index in [-0.39, 0.29) is 5.88 Å². The van der Waals surface area contributed by atoms with Gasteiger partial charge in [0.1, 0.15) is 5.84 Å². The van der Waals surface area contributed by atoms with Gasteiger partial charge >= 0.3 is 0 Å². The summed E-state index contributed by atoms with van der Waals surface area (Å²) >= 11 is 7.30. The summed E-state index contributed by atoms with van der Waals surface area (Å²) in [6.45, 7) is 4.28. The molecule has 0 saturated heterocycles. The first-order chi connectivity index (χ1) is 8.10. The monoisotopic (exact) mass is 267 g/mol. The molecule has 0 radical (unpaired) electrons. The van der Waals surface area contributed by atoms with Crippen molar-refractivity contribution in [3.63, 3.8) is 0 Å². The largest absolute Gasteiger partial charge is 0.386 e. The molecule has 17 heavy (non-hydrogen) atoms. The molecule has 0 unspecified atom stereocenters. The van der Waals surface area contributed by atoms with Crippen molar-refractivity contribution < 1.29 is 0 Å². The number of benzene rings is 1. The molecule has 1 heterocycles. The fourth-order valence-electron chi connectivity index (χ4n) is 1.44. The second-order valence-corrected chi connectivity index (χ2v) is 5.43. The van der Waals surface area contributed by atoms with Crippen molar-refractivity contribution in [1.82, 2.24) is 4.98 Å². The number of hydrogen-bond acceptors (Lipinski definition) is 3. The lowest BCUT2D eigenvalue weighted by molar-refractivity contribution is 0.857. The number of amidine groups is 1. The summed E-state index contributed by atoms with van der Waals surface area (Å²) in [7, 11) is 0. The predicted octanol–water partition coefficient (Wildman–Crippen LogP) is 3.65. The number of nitrogens with zero attached hydrogens (tertiary/aromatic N) is 2. The molecule has 90 valence electrons. The van der Waals surface area contributed by atoms with Crippen molar-refractivity contribution in [2.45, 2.75) is 19.8 Å². The van der Waals surface area contributed by atoms with Crippen molar-refractivity contribution in [3.05, 3.63) is 23.2 Å². The van der Waals surface area contributed by atoms with Crippen LogP contribution in [-0.2, 0) is 0 Å². The van der Waals surface area contributed by atoms with Crippen LogP contribution in [-0.4, -0.2) is 16.7 Å². The average molecular weight is 268 g/mol. The fraction of sp³-hybridized carbons (Fsp3) is 0.333. The maximum absolute atomic E-state index is 5.61. The summed E-state index contributed by atoms with van der Waals surface area (Å²) in [4.78, 5) is 8.79. The summed E-state index contributed by atoms with van der Waals surface area (Å²) in [6.07, 6.45) is 0. The topological polar surface area (TPSA) is 51.3 Å². The van der Waals surface area contributed by atoms with Crippen LogP contribution >= 0.6 is 22.9 Å². The van der Waals surface area contributed by atoms with Crippen molar-refractivity contribution in [2.24, 2.45) is 10.7 Å². The van der Waals surface area contributed by atoms with E-state index in [1.54, 1.807) is 11.3 Å². The van der Waals surface area contributed by atoms with E-state index >= 15 is 0 Å². The normalized spacial score (nSPS) is 12.6. The zero-order valence-electron chi connectivity index (χ0n) is 9.77. The zero-order chi connectivity index (χ0) is 12.4. The molecule has 2 rings (SSSR count). The van der Waals surface area contributed by atoms with E-state index in [0.717, 1.165) is 20.9 Å². The highest BCUT2D eigenvalue weighted by molar-refractivity contribution is 7.18. The molecule has 5 heteroatoms. The summed E-state index contributed by atoms with van der Waals surface area (Å²) in [5, 5.41) is 1.14. The van der Waals surface area contributed by atoms with Gasteiger partial charge in [0.15, 0.2) is 0 Å². The van der Waals surface area contributed by atoms with E-state index in [2.05, 4.69) is 23.8 Å². The lowest BCUT2D eigenvalue weighted by Gasteiger charge is -1.95. The molecular formula is C12H14ClN3S. The van der Waals surface area contributed by atoms with Gasteiger partial charge in [-0.2, -0.15) is 0 Å². The smallest absolute Gasteiger partial charge is 0.115 e. The molecule has 0 aliphatic rings. The maximum atomic E-state index is 5.61. The molecule has 2 aromatic rings. The molecule has 0 spiro atoms. The van der Waals surface area contributed by atoms with Gasteiger partial charge in [0.05, 0.1) is 26.8 Å². The van der Waals surface area contributed by atoms with Crippen LogP contribution < -0.4 is 5.73 Å². The van der Waals surface area contributed by atoms with Crippen LogP contribution in [0, 0.1) is 0 Å². The Hall–Kier alpha value is -1.13. The summed E-state index contributed by atoms with van der Waals surface area (Å²) in [5.74, 6) is 1.13. The standard InChI is InChI=1S/C12H14ClN3S/c1-7(2)12-16-9-4-3-8(5-10(9)17-12)15-11(14)6-13/h3-5,7H,6H2,1-2H3,(H2,14,15). The summed E-state index contributed by atoms with van der Waals surface area (Å²) in [6, 6.07) is 5.88. The molecule has 0 aliphatic heterocycles. The number of thiazole rings is 1. The zero-order valence-corrected chi connectivity index (χ0v) is 11.3. The van der Waals surface area contributed by atoms with E-state index in [9.17, 15) is 0 Å². The van der Waals surface area contributed by atoms with E-state index < -0.39 is 0 Å². The molecule has 2 N–H and O–H groups in total. The van der Waals surface area contributed by atoms with Crippen molar-refractivity contribution in [1.29, 1.82) is 0 Å². The first-order valence-electron chi connectivity index (χ1n) is 5.39. The molecule has 3 nitrogen and oxygen atoms in total. The Morgan fingerprint density at radius 1 is 1.53 bits per heavy atom. The number of halogens is 1. The van der Waals surface area contributed by atoms with Crippen molar-refractivity contribution in [3.8, 4) is 0 Å². The predicted molar refractivity (Wildman–Crippen MR) is 75.7 cm³/mol. The van der Waals surface area contributed by atoms with Gasteiger partial charge in [0.25, 0.3) is 0 Å². The van der Waals surface area contributed by atoms with Gasteiger partial charge in [0, 0.05) is 5.92 Å². The molecule has 1 aromatic heterocycles. The van der Waals surface area contributed by atoms with E-state index in [1.165, 1.54) is 0 Å². The Labute approximate surface area is 109 Å². The van der Waals surface area contributed by atoms with Crippen molar-refractivity contribution >= 4 is 44.7 Å². The van der Waals surface area contributed by atoms with E-state index in [0.29, 0.717) is 11.8 Å². The molecule has 0 saturated carbocycles. The first-order valence-corrected chi connectivity index (χ1v) is 6.74. The lowest BCUT2D eigenvalue weighted by Crippen LogP contribution is -2.12. The Balaban J connectivity index is 2.43. The van der Waals surface area contributed by atoms with Crippen LogP contribution in [0.1, 0.15) is 24.8 Å². The minimum absolute atomic E-state index is 0.248. The minimum Gasteiger partial charge on any atom is -0.386 e. The number of rotatable bonds is 3. The SMILES string of the molecule is CC(C)c1nc2ccc(N=C(N)CCl)cc2s1. The van der Waals surface area contributed by atoms with Gasteiger partial charge in [-0.05, 0) is 18.2 Å². The molecule has 0 fully saturated rings. The number of aromatic nitrogens is 1. The Kier molecular flexibility index (Phi) is 3.64. The number of alkyl halides is 1. The van der Waals surface area contributed by atoms with Gasteiger partial charge in [-0.25, -0.2) is 9.98 Å². The van der Waals surface area contributed by atoms with Gasteiger partial charge in [0.2, 0.25) is 0 Å². The van der Waals surface area contributed by atoms with Crippen LogP contribution in [0.4, 0.5) is 5.69 Å². The number of hydrogen-bond donors (Lipinski definition) is 1. The Morgan fingerprint density at radius 2 is 2.29 bits per heavy atom. The third kappa shape index (κ3) is 2.76. The Morgan fingerprint density at radius 3 is 2.94 bits per heavy atom. The van der Waals surface area contributed by atoms with Crippen LogP contribution in [0.2, 0.25) is 0 Å². The molecule has 0 aliphatic carbocycles. The van der Waals surface area contributed by atoms with E-state index in [4.69, 9.17) is 17.3 Å². The number of fused-ring (bicyclic) bond motifs is 1. The highest BCUT2D eigenvalue weighted by Gasteiger charge is 2.07. The molecule has 0 atom stereocenters. The highest BCUT2D eigenvalue weighted by Crippen LogP contribution is 2.30. The summed E-state index contributed by atoms with van der Waals surface area (Å²) < 4.78 is 1.14. The quantitative estimate of drug-likeness (QED) is 0.524. The van der Waals surface area contributed by atoms with Crippen LogP contribution in [0.15, 0.2) is 23.2 Å². The molecule has 0 amide bonds. The third-order valence-electron chi connectivity index (χ3n) is 2.29. The number of aliphatic imine (C=N–C) groups is 1. The molecule has 0 bridgehead atoms. The first kappa shape index (κ1) is 12.3. The molecule has 1 aromatic carbocycles. The van der Waals surface area contributed by atoms with Gasteiger partial charge in [-0.1, -0.05) is 13.8 Å². The third-order valence-corrected chi connectivity index (χ3v) is 3.88. The van der Waals surface area contributed by atoms with Crippen LogP contribution in [0.25, 0.3) is 10.2 Å². The minimum atomic E-state index is 0.248. The second-order valence-electron chi connectivity index (χ2n) is 4.10. The summed E-state index contributed by atoms with van der Waals surface area (Å²) in [5.41, 5.74) is 7.45. The molecular weight excluding hydrogens is 254 g/mol. The van der Waals surface area contributed by atoms with E-state index in [1.807, 2.05) is 18.2 Å². The van der Waals surface area contributed by atoms with Crippen molar-refractivity contribution in [2.75, 3.05) is 5.88 Å². The van der Waals surface area contributed by atoms with Crippen LogP contribution in [0.3, 0.4) is 0 Å². The van der Waals surface area contributed by atoms with Gasteiger partial charge < -0.3 is 5.73 Å².